The number of carboxylic acids is 1. The lowest BCUT2D eigenvalue weighted by Gasteiger charge is -2.41. The molecule has 0 saturated carbocycles. The fourth-order valence-corrected chi connectivity index (χ4v) is 2.66. The number of aliphatic carboxylic acids is 1. The molecule has 0 radical (unpaired) electrons. The molecule has 1 atom stereocenters. The van der Waals surface area contributed by atoms with Crippen molar-refractivity contribution in [2.75, 3.05) is 19.4 Å². The summed E-state index contributed by atoms with van der Waals surface area (Å²) in [4.78, 5) is 25.7. The third kappa shape index (κ3) is 2.66. The SMILES string of the molecule is COc1ccc(N)c(C(=O)N2CCCCC2(C)C(=O)O)c1. The number of hydrogen-bond acceptors (Lipinski definition) is 4. The Morgan fingerprint density at radius 2 is 2.10 bits per heavy atom. The molecule has 21 heavy (non-hydrogen) atoms. The average Bonchev–Trinajstić information content (AvgIpc) is 2.47. The van der Waals surface area contributed by atoms with E-state index in [2.05, 4.69) is 0 Å². The largest absolute Gasteiger partial charge is 0.497 e. The van der Waals surface area contributed by atoms with E-state index in [0.29, 0.717) is 24.4 Å². The van der Waals surface area contributed by atoms with Gasteiger partial charge < -0.3 is 20.5 Å². The molecule has 3 N–H and O–H groups in total. The van der Waals surface area contributed by atoms with Gasteiger partial charge in [-0.15, -0.1) is 0 Å². The smallest absolute Gasteiger partial charge is 0.329 e. The monoisotopic (exact) mass is 292 g/mol. The molecule has 0 bridgehead atoms. The van der Waals surface area contributed by atoms with Crippen LogP contribution in [0.4, 0.5) is 5.69 Å². The zero-order chi connectivity index (χ0) is 15.6. The number of amides is 1. The fourth-order valence-electron chi connectivity index (χ4n) is 2.66. The number of carbonyl (C=O) groups is 2. The molecular weight excluding hydrogens is 272 g/mol. The first-order valence-corrected chi connectivity index (χ1v) is 6.89. The molecule has 1 heterocycles. The minimum Gasteiger partial charge on any atom is -0.497 e. The molecule has 1 aromatic rings. The lowest BCUT2D eigenvalue weighted by atomic mass is 9.87. The van der Waals surface area contributed by atoms with Gasteiger partial charge in [0.05, 0.1) is 12.7 Å². The number of benzene rings is 1. The molecule has 0 aromatic heterocycles. The summed E-state index contributed by atoms with van der Waals surface area (Å²) in [5.74, 6) is -0.838. The van der Waals surface area contributed by atoms with Crippen molar-refractivity contribution < 1.29 is 19.4 Å². The van der Waals surface area contributed by atoms with Crippen LogP contribution in [0.15, 0.2) is 18.2 Å². The van der Waals surface area contributed by atoms with E-state index >= 15 is 0 Å². The number of piperidine rings is 1. The number of nitrogen functional groups attached to an aromatic ring is 1. The third-order valence-electron chi connectivity index (χ3n) is 4.09. The third-order valence-corrected chi connectivity index (χ3v) is 4.09. The maximum atomic E-state index is 12.7. The van der Waals surface area contributed by atoms with Crippen molar-refractivity contribution in [2.24, 2.45) is 0 Å². The number of rotatable bonds is 3. The number of nitrogens with zero attached hydrogens (tertiary/aromatic N) is 1. The minimum absolute atomic E-state index is 0.281. The van der Waals surface area contributed by atoms with E-state index in [-0.39, 0.29) is 11.5 Å². The number of methoxy groups -OCH3 is 1. The second kappa shape index (κ2) is 5.63. The second-order valence-corrected chi connectivity index (χ2v) is 5.45. The molecule has 0 spiro atoms. The van der Waals surface area contributed by atoms with Crippen LogP contribution in [0.1, 0.15) is 36.5 Å². The summed E-state index contributed by atoms with van der Waals surface area (Å²) < 4.78 is 5.10. The number of nitrogens with two attached hydrogens (primary N) is 1. The van der Waals surface area contributed by atoms with Gasteiger partial charge in [0, 0.05) is 12.2 Å². The molecule has 114 valence electrons. The number of likely N-dealkylation sites (tertiary alicyclic amines) is 1. The summed E-state index contributed by atoms with van der Waals surface area (Å²) in [5, 5.41) is 9.48. The highest BCUT2D eigenvalue weighted by molar-refractivity contribution is 6.02. The van der Waals surface area contributed by atoms with Gasteiger partial charge in [-0.05, 0) is 44.4 Å². The zero-order valence-corrected chi connectivity index (χ0v) is 12.3. The number of carboxylic acid groups (broad SMARTS) is 1. The van der Waals surface area contributed by atoms with E-state index in [1.54, 1.807) is 25.1 Å². The maximum absolute atomic E-state index is 12.7. The molecule has 6 nitrogen and oxygen atoms in total. The van der Waals surface area contributed by atoms with Gasteiger partial charge in [-0.3, -0.25) is 4.79 Å². The first-order valence-electron chi connectivity index (χ1n) is 6.89. The Morgan fingerprint density at radius 3 is 2.71 bits per heavy atom. The predicted molar refractivity (Wildman–Crippen MR) is 78.3 cm³/mol. The van der Waals surface area contributed by atoms with Crippen LogP contribution < -0.4 is 10.5 Å². The van der Waals surface area contributed by atoms with Crippen molar-refractivity contribution in [3.05, 3.63) is 23.8 Å². The molecule has 1 unspecified atom stereocenters. The first kappa shape index (κ1) is 15.2. The number of anilines is 1. The Balaban J connectivity index is 2.40. The van der Waals surface area contributed by atoms with Crippen molar-refractivity contribution >= 4 is 17.6 Å². The fraction of sp³-hybridized carbons (Fsp3) is 0.467. The number of carbonyl (C=O) groups excluding carboxylic acids is 1. The van der Waals surface area contributed by atoms with Crippen molar-refractivity contribution in [2.45, 2.75) is 31.7 Å². The molecular formula is C15H20N2O4. The Bertz CT molecular complexity index is 573. The zero-order valence-electron chi connectivity index (χ0n) is 12.3. The number of ether oxygens (including phenoxy) is 1. The van der Waals surface area contributed by atoms with Gasteiger partial charge in [-0.2, -0.15) is 0 Å². The molecule has 1 amide bonds. The van der Waals surface area contributed by atoms with Crippen LogP contribution in [-0.4, -0.2) is 41.1 Å². The summed E-state index contributed by atoms with van der Waals surface area (Å²) in [7, 11) is 1.50. The lowest BCUT2D eigenvalue weighted by Crippen LogP contribution is -2.57. The molecule has 1 saturated heterocycles. The minimum atomic E-state index is -1.19. The normalized spacial score (nSPS) is 21.9. The Kier molecular flexibility index (Phi) is 4.06. The number of hydrogen-bond donors (Lipinski definition) is 2. The summed E-state index contributed by atoms with van der Waals surface area (Å²) in [6.07, 6.45) is 2.02. The van der Waals surface area contributed by atoms with Crippen molar-refractivity contribution in [3.63, 3.8) is 0 Å². The van der Waals surface area contributed by atoms with E-state index in [1.807, 2.05) is 0 Å². The van der Waals surface area contributed by atoms with Gasteiger partial charge in [-0.1, -0.05) is 0 Å². The Hall–Kier alpha value is -2.24. The van der Waals surface area contributed by atoms with Crippen LogP contribution in [-0.2, 0) is 4.79 Å². The summed E-state index contributed by atoms with van der Waals surface area (Å²) in [5.41, 5.74) is 5.28. The van der Waals surface area contributed by atoms with Crippen LogP contribution >= 0.6 is 0 Å². The average molecular weight is 292 g/mol. The molecule has 1 aliphatic heterocycles. The Morgan fingerprint density at radius 1 is 1.38 bits per heavy atom. The van der Waals surface area contributed by atoms with Crippen LogP contribution in [0.5, 0.6) is 5.75 Å². The van der Waals surface area contributed by atoms with Gasteiger partial charge in [-0.25, -0.2) is 4.79 Å². The molecule has 0 aliphatic carbocycles. The molecule has 1 aliphatic rings. The van der Waals surface area contributed by atoms with E-state index < -0.39 is 11.5 Å². The molecule has 1 fully saturated rings. The molecule has 2 rings (SSSR count). The van der Waals surface area contributed by atoms with Crippen LogP contribution in [0.3, 0.4) is 0 Å². The highest BCUT2D eigenvalue weighted by atomic mass is 16.5. The standard InChI is InChI=1S/C15H20N2O4/c1-15(14(19)20)7-3-4-8-17(15)13(18)11-9-10(21-2)5-6-12(11)16/h5-6,9H,3-4,7-8,16H2,1-2H3,(H,19,20). The van der Waals surface area contributed by atoms with E-state index in [4.69, 9.17) is 10.5 Å². The second-order valence-electron chi connectivity index (χ2n) is 5.45. The van der Waals surface area contributed by atoms with Gasteiger partial charge in [0.25, 0.3) is 5.91 Å². The van der Waals surface area contributed by atoms with Crippen LogP contribution in [0.25, 0.3) is 0 Å². The highest BCUT2D eigenvalue weighted by Gasteiger charge is 2.44. The van der Waals surface area contributed by atoms with E-state index in [1.165, 1.54) is 12.0 Å². The van der Waals surface area contributed by atoms with Crippen molar-refractivity contribution in [1.29, 1.82) is 0 Å². The van der Waals surface area contributed by atoms with E-state index in [0.717, 1.165) is 12.8 Å². The molecule has 1 aromatic carbocycles. The van der Waals surface area contributed by atoms with Gasteiger partial charge in [0.15, 0.2) is 0 Å². The van der Waals surface area contributed by atoms with Crippen LogP contribution in [0, 0.1) is 0 Å². The van der Waals surface area contributed by atoms with Crippen molar-refractivity contribution in [1.82, 2.24) is 4.90 Å². The first-order chi connectivity index (χ1) is 9.90. The lowest BCUT2D eigenvalue weighted by molar-refractivity contribution is -0.150. The maximum Gasteiger partial charge on any atom is 0.329 e. The summed E-state index contributed by atoms with van der Waals surface area (Å²) >= 11 is 0. The summed E-state index contributed by atoms with van der Waals surface area (Å²) in [6.45, 7) is 2.00. The van der Waals surface area contributed by atoms with Crippen LogP contribution in [0.2, 0.25) is 0 Å². The van der Waals surface area contributed by atoms with Gasteiger partial charge in [0.2, 0.25) is 0 Å². The van der Waals surface area contributed by atoms with Crippen molar-refractivity contribution in [3.8, 4) is 5.75 Å². The Labute approximate surface area is 123 Å². The van der Waals surface area contributed by atoms with Gasteiger partial charge in [0.1, 0.15) is 11.3 Å². The van der Waals surface area contributed by atoms with Gasteiger partial charge >= 0.3 is 5.97 Å². The summed E-state index contributed by atoms with van der Waals surface area (Å²) in [6, 6.07) is 4.81. The predicted octanol–water partition coefficient (Wildman–Crippen LogP) is 1.75. The highest BCUT2D eigenvalue weighted by Crippen LogP contribution is 2.31. The quantitative estimate of drug-likeness (QED) is 0.828. The molecule has 6 heteroatoms. The topological polar surface area (TPSA) is 92.9 Å². The van der Waals surface area contributed by atoms with E-state index in [9.17, 15) is 14.7 Å².